The Balaban J connectivity index is 1.61. The predicted octanol–water partition coefficient (Wildman–Crippen LogP) is 2.79. The molecule has 1 N–H and O–H groups in total. The van der Waals surface area contributed by atoms with Crippen LogP contribution in [0.15, 0.2) is 18.2 Å². The minimum atomic E-state index is -4.62. The van der Waals surface area contributed by atoms with Gasteiger partial charge in [0.25, 0.3) is 5.69 Å². The molecule has 0 bridgehead atoms. The Morgan fingerprint density at radius 2 is 2.04 bits per heavy atom. The lowest BCUT2D eigenvalue weighted by Crippen LogP contribution is -2.52. The first-order chi connectivity index (χ1) is 13.3. The van der Waals surface area contributed by atoms with Gasteiger partial charge >= 0.3 is 6.18 Å². The zero-order chi connectivity index (χ0) is 20.3. The maximum atomic E-state index is 12.9. The quantitative estimate of drug-likeness (QED) is 0.458. The summed E-state index contributed by atoms with van der Waals surface area (Å²) in [7, 11) is 0. The molecule has 2 saturated heterocycles. The molecule has 0 spiro atoms. The highest BCUT2D eigenvalue weighted by Crippen LogP contribution is 2.36. The maximum Gasteiger partial charge on any atom is 0.416 e. The first kappa shape index (κ1) is 20.6. The molecular weight excluding hydrogens is 397 g/mol. The highest BCUT2D eigenvalue weighted by atomic mass is 32.1. The van der Waals surface area contributed by atoms with E-state index in [1.165, 1.54) is 6.07 Å². The van der Waals surface area contributed by atoms with Crippen molar-refractivity contribution in [3.63, 3.8) is 0 Å². The number of rotatable bonds is 4. The number of hydrogen-bond acceptors (Lipinski definition) is 5. The van der Waals surface area contributed by atoms with Gasteiger partial charge in [0.15, 0.2) is 5.11 Å². The molecule has 1 aromatic rings. The SMILES string of the molecule is O=[N+]([O-])c1cc(C(F)(F)F)ccc1N1CCN(C(=S)NC[C@@H]2CCCO2)CC1. The number of piperazine rings is 1. The normalized spacial score (nSPS) is 20.3. The van der Waals surface area contributed by atoms with Crippen LogP contribution >= 0.6 is 12.2 Å². The molecule has 0 unspecified atom stereocenters. The van der Waals surface area contributed by atoms with Crippen molar-refractivity contribution in [3.05, 3.63) is 33.9 Å². The minimum Gasteiger partial charge on any atom is -0.376 e. The Morgan fingerprint density at radius 3 is 2.61 bits per heavy atom. The summed E-state index contributed by atoms with van der Waals surface area (Å²) in [6.07, 6.45) is -2.41. The predicted molar refractivity (Wildman–Crippen MR) is 101 cm³/mol. The Hall–Kier alpha value is -2.14. The third kappa shape index (κ3) is 4.82. The largest absolute Gasteiger partial charge is 0.416 e. The molecule has 0 amide bonds. The van der Waals surface area contributed by atoms with E-state index < -0.39 is 22.4 Å². The minimum absolute atomic E-state index is 0.161. The van der Waals surface area contributed by atoms with Gasteiger partial charge < -0.3 is 19.9 Å². The van der Waals surface area contributed by atoms with Crippen LogP contribution in [0.25, 0.3) is 0 Å². The van der Waals surface area contributed by atoms with Gasteiger partial charge in [0.2, 0.25) is 0 Å². The van der Waals surface area contributed by atoms with Crippen molar-refractivity contribution in [1.82, 2.24) is 10.2 Å². The van der Waals surface area contributed by atoms with Crippen molar-refractivity contribution in [3.8, 4) is 0 Å². The molecule has 2 heterocycles. The molecule has 0 radical (unpaired) electrons. The number of benzene rings is 1. The Bertz CT molecular complexity index is 733. The summed E-state index contributed by atoms with van der Waals surface area (Å²) in [4.78, 5) is 14.2. The summed E-state index contributed by atoms with van der Waals surface area (Å²) in [6, 6.07) is 2.64. The molecule has 1 atom stereocenters. The van der Waals surface area contributed by atoms with E-state index in [1.807, 2.05) is 4.90 Å². The van der Waals surface area contributed by atoms with Crippen LogP contribution in [0.5, 0.6) is 0 Å². The Labute approximate surface area is 165 Å². The van der Waals surface area contributed by atoms with E-state index in [0.29, 0.717) is 43.9 Å². The summed E-state index contributed by atoms with van der Waals surface area (Å²) in [6.45, 7) is 3.31. The Kier molecular flexibility index (Phi) is 6.23. The van der Waals surface area contributed by atoms with Crippen LogP contribution in [0.3, 0.4) is 0 Å². The number of nitrogens with one attached hydrogen (secondary N) is 1. The zero-order valence-corrected chi connectivity index (χ0v) is 15.9. The number of alkyl halides is 3. The van der Waals surface area contributed by atoms with Gasteiger partial charge in [-0.1, -0.05) is 0 Å². The van der Waals surface area contributed by atoms with E-state index in [1.54, 1.807) is 4.90 Å². The van der Waals surface area contributed by atoms with Crippen molar-refractivity contribution in [1.29, 1.82) is 0 Å². The molecule has 11 heteroatoms. The number of nitro benzene ring substituents is 1. The van der Waals surface area contributed by atoms with Crippen molar-refractivity contribution in [2.45, 2.75) is 25.1 Å². The van der Waals surface area contributed by atoms with E-state index in [-0.39, 0.29) is 11.8 Å². The molecule has 2 fully saturated rings. The average molecular weight is 418 g/mol. The van der Waals surface area contributed by atoms with Crippen LogP contribution in [-0.2, 0) is 10.9 Å². The van der Waals surface area contributed by atoms with Gasteiger partial charge in [0.05, 0.1) is 16.6 Å². The van der Waals surface area contributed by atoms with E-state index in [0.717, 1.165) is 25.5 Å². The highest BCUT2D eigenvalue weighted by molar-refractivity contribution is 7.80. The van der Waals surface area contributed by atoms with Gasteiger partial charge in [0.1, 0.15) is 5.69 Å². The topological polar surface area (TPSA) is 70.9 Å². The molecule has 1 aromatic carbocycles. The number of nitrogens with zero attached hydrogens (tertiary/aromatic N) is 3. The van der Waals surface area contributed by atoms with Crippen molar-refractivity contribution in [2.24, 2.45) is 0 Å². The standard InChI is InChI=1S/C17H21F3N4O3S/c18-17(19,20)12-3-4-14(15(10-12)24(25)26)22-5-7-23(8-6-22)16(28)21-11-13-2-1-9-27-13/h3-4,10,13H,1-2,5-9,11H2,(H,21,28)/t13-/m0/s1. The number of anilines is 1. The second-order valence-electron chi connectivity index (χ2n) is 6.75. The van der Waals surface area contributed by atoms with Gasteiger partial charge in [-0.2, -0.15) is 13.2 Å². The second-order valence-corrected chi connectivity index (χ2v) is 7.14. The number of ether oxygens (including phenoxy) is 1. The molecular formula is C17H21F3N4O3S. The van der Waals surface area contributed by atoms with Crippen molar-refractivity contribution >= 4 is 28.7 Å². The molecule has 2 aliphatic heterocycles. The van der Waals surface area contributed by atoms with E-state index in [2.05, 4.69) is 5.32 Å². The first-order valence-electron chi connectivity index (χ1n) is 9.00. The third-order valence-corrected chi connectivity index (χ3v) is 5.31. The van der Waals surface area contributed by atoms with Crippen molar-refractivity contribution < 1.29 is 22.8 Å². The number of nitro groups is 1. The smallest absolute Gasteiger partial charge is 0.376 e. The van der Waals surface area contributed by atoms with Gasteiger partial charge in [-0.25, -0.2) is 0 Å². The lowest BCUT2D eigenvalue weighted by molar-refractivity contribution is -0.384. The third-order valence-electron chi connectivity index (χ3n) is 4.91. The van der Waals surface area contributed by atoms with Crippen LogP contribution in [-0.4, -0.2) is 60.4 Å². The van der Waals surface area contributed by atoms with Crippen LogP contribution in [0.4, 0.5) is 24.5 Å². The number of thiocarbonyl (C=S) groups is 1. The van der Waals surface area contributed by atoms with Gasteiger partial charge in [-0.15, -0.1) is 0 Å². The number of hydrogen-bond donors (Lipinski definition) is 1. The van der Waals surface area contributed by atoms with Crippen LogP contribution < -0.4 is 10.2 Å². The fourth-order valence-corrected chi connectivity index (χ4v) is 3.65. The Morgan fingerprint density at radius 1 is 1.32 bits per heavy atom. The molecule has 0 saturated carbocycles. The summed E-state index contributed by atoms with van der Waals surface area (Å²) in [5, 5.41) is 15.1. The van der Waals surface area contributed by atoms with Crippen LogP contribution in [0.1, 0.15) is 18.4 Å². The van der Waals surface area contributed by atoms with Gasteiger partial charge in [-0.05, 0) is 37.2 Å². The average Bonchev–Trinajstić information content (AvgIpc) is 3.18. The summed E-state index contributed by atoms with van der Waals surface area (Å²) >= 11 is 5.40. The van der Waals surface area contributed by atoms with E-state index >= 15 is 0 Å². The molecule has 28 heavy (non-hydrogen) atoms. The van der Waals surface area contributed by atoms with E-state index in [9.17, 15) is 23.3 Å². The lowest BCUT2D eigenvalue weighted by atomic mass is 10.1. The second kappa shape index (κ2) is 8.48. The van der Waals surface area contributed by atoms with Crippen LogP contribution in [0.2, 0.25) is 0 Å². The first-order valence-corrected chi connectivity index (χ1v) is 9.41. The summed E-state index contributed by atoms with van der Waals surface area (Å²) in [5.41, 5.74) is -1.38. The number of halogens is 3. The summed E-state index contributed by atoms with van der Waals surface area (Å²) < 4.78 is 44.1. The molecule has 2 aliphatic rings. The molecule has 7 nitrogen and oxygen atoms in total. The van der Waals surface area contributed by atoms with Gasteiger partial charge in [0, 0.05) is 45.4 Å². The van der Waals surface area contributed by atoms with Crippen molar-refractivity contribution in [2.75, 3.05) is 44.2 Å². The zero-order valence-electron chi connectivity index (χ0n) is 15.1. The molecule has 154 valence electrons. The molecule has 3 rings (SSSR count). The fourth-order valence-electron chi connectivity index (χ4n) is 3.38. The molecule has 0 aromatic heterocycles. The maximum absolute atomic E-state index is 12.9. The molecule has 0 aliphatic carbocycles. The lowest BCUT2D eigenvalue weighted by Gasteiger charge is -2.37. The fraction of sp³-hybridized carbons (Fsp3) is 0.588. The monoisotopic (exact) mass is 418 g/mol. The summed E-state index contributed by atoms with van der Waals surface area (Å²) in [5.74, 6) is 0. The highest BCUT2D eigenvalue weighted by Gasteiger charge is 2.34. The van der Waals surface area contributed by atoms with Crippen LogP contribution in [0, 0.1) is 10.1 Å². The van der Waals surface area contributed by atoms with E-state index in [4.69, 9.17) is 17.0 Å². The van der Waals surface area contributed by atoms with Gasteiger partial charge in [-0.3, -0.25) is 10.1 Å².